The van der Waals surface area contributed by atoms with Crippen LogP contribution in [0.3, 0.4) is 0 Å². The fraction of sp³-hybridized carbons (Fsp3) is 0.769. The maximum atomic E-state index is 11.9. The molecule has 0 bridgehead atoms. The molecule has 0 aromatic carbocycles. The molecule has 0 radical (unpaired) electrons. The summed E-state index contributed by atoms with van der Waals surface area (Å²) in [4.78, 5) is 16.1. The minimum Gasteiger partial charge on any atom is -0.393 e. The SMILES string of the molecule is O=C(NCC1CCCC(O)C1)c1n[nH]c(C2CC2)n1. The van der Waals surface area contributed by atoms with Gasteiger partial charge in [-0.2, -0.15) is 0 Å². The van der Waals surface area contributed by atoms with Gasteiger partial charge < -0.3 is 10.4 Å². The summed E-state index contributed by atoms with van der Waals surface area (Å²) >= 11 is 0. The van der Waals surface area contributed by atoms with Crippen molar-refractivity contribution in [3.05, 3.63) is 11.6 Å². The number of H-pyrrole nitrogens is 1. The number of aromatic amines is 1. The highest BCUT2D eigenvalue weighted by molar-refractivity contribution is 5.90. The number of hydrogen-bond donors (Lipinski definition) is 3. The smallest absolute Gasteiger partial charge is 0.290 e. The van der Waals surface area contributed by atoms with E-state index in [-0.39, 0.29) is 17.8 Å². The van der Waals surface area contributed by atoms with Gasteiger partial charge in [-0.1, -0.05) is 6.42 Å². The fourth-order valence-electron chi connectivity index (χ4n) is 2.68. The van der Waals surface area contributed by atoms with E-state index in [1.165, 1.54) is 0 Å². The summed E-state index contributed by atoms with van der Waals surface area (Å²) in [7, 11) is 0. The van der Waals surface area contributed by atoms with Crippen LogP contribution in [-0.4, -0.2) is 38.8 Å². The third-order valence-electron chi connectivity index (χ3n) is 3.98. The maximum Gasteiger partial charge on any atom is 0.290 e. The minimum absolute atomic E-state index is 0.208. The van der Waals surface area contributed by atoms with Gasteiger partial charge in [-0.05, 0) is 38.0 Å². The second-order valence-electron chi connectivity index (χ2n) is 5.72. The molecule has 2 saturated carbocycles. The zero-order valence-corrected chi connectivity index (χ0v) is 10.9. The van der Waals surface area contributed by atoms with Crippen molar-refractivity contribution >= 4 is 5.91 Å². The van der Waals surface area contributed by atoms with E-state index in [2.05, 4.69) is 20.5 Å². The summed E-state index contributed by atoms with van der Waals surface area (Å²) in [5.41, 5.74) is 0. The summed E-state index contributed by atoms with van der Waals surface area (Å²) in [5, 5.41) is 19.2. The first-order chi connectivity index (χ1) is 9.22. The molecule has 1 aromatic rings. The number of carbonyl (C=O) groups excluding carboxylic acids is 1. The van der Waals surface area contributed by atoms with Gasteiger partial charge in [0, 0.05) is 12.5 Å². The van der Waals surface area contributed by atoms with Crippen molar-refractivity contribution in [2.24, 2.45) is 5.92 Å². The van der Waals surface area contributed by atoms with Crippen molar-refractivity contribution < 1.29 is 9.90 Å². The molecule has 0 saturated heterocycles. The molecule has 19 heavy (non-hydrogen) atoms. The first-order valence-corrected chi connectivity index (χ1v) is 7.11. The maximum absolute atomic E-state index is 11.9. The number of nitrogens with one attached hydrogen (secondary N) is 2. The molecule has 3 N–H and O–H groups in total. The van der Waals surface area contributed by atoms with Crippen LogP contribution in [0.4, 0.5) is 0 Å². The van der Waals surface area contributed by atoms with Crippen LogP contribution in [0, 0.1) is 5.92 Å². The largest absolute Gasteiger partial charge is 0.393 e. The first-order valence-electron chi connectivity index (χ1n) is 7.11. The number of aliphatic hydroxyl groups excluding tert-OH is 1. The van der Waals surface area contributed by atoms with E-state index in [1.807, 2.05) is 0 Å². The second-order valence-corrected chi connectivity index (χ2v) is 5.72. The summed E-state index contributed by atoms with van der Waals surface area (Å²) < 4.78 is 0. The highest BCUT2D eigenvalue weighted by Crippen LogP contribution is 2.37. The molecule has 2 aliphatic rings. The molecule has 0 aliphatic heterocycles. The summed E-state index contributed by atoms with van der Waals surface area (Å²) in [6, 6.07) is 0. The van der Waals surface area contributed by atoms with Crippen molar-refractivity contribution in [3.8, 4) is 0 Å². The van der Waals surface area contributed by atoms with Gasteiger partial charge >= 0.3 is 0 Å². The minimum atomic E-state index is -0.219. The molecule has 1 aromatic heterocycles. The van der Waals surface area contributed by atoms with E-state index < -0.39 is 0 Å². The van der Waals surface area contributed by atoms with Gasteiger partial charge in [0.05, 0.1) is 6.10 Å². The average Bonchev–Trinajstić information content (AvgIpc) is 3.14. The Balaban J connectivity index is 1.49. The van der Waals surface area contributed by atoms with Crippen LogP contribution in [0.15, 0.2) is 0 Å². The Bertz CT molecular complexity index is 455. The van der Waals surface area contributed by atoms with Crippen LogP contribution in [0.2, 0.25) is 0 Å². The van der Waals surface area contributed by atoms with Gasteiger partial charge in [0.1, 0.15) is 5.82 Å². The molecule has 2 aliphatic carbocycles. The molecule has 104 valence electrons. The van der Waals surface area contributed by atoms with Crippen LogP contribution in [0.25, 0.3) is 0 Å². The van der Waals surface area contributed by atoms with Crippen molar-refractivity contribution in [2.75, 3.05) is 6.54 Å². The summed E-state index contributed by atoms with van der Waals surface area (Å²) in [5.74, 6) is 1.69. The number of rotatable bonds is 4. The summed E-state index contributed by atoms with van der Waals surface area (Å²) in [6.45, 7) is 0.600. The van der Waals surface area contributed by atoms with Crippen molar-refractivity contribution in [1.82, 2.24) is 20.5 Å². The van der Waals surface area contributed by atoms with Gasteiger partial charge in [-0.25, -0.2) is 4.98 Å². The third kappa shape index (κ3) is 3.12. The van der Waals surface area contributed by atoms with Gasteiger partial charge in [0.25, 0.3) is 5.91 Å². The molecular formula is C13H20N4O2. The summed E-state index contributed by atoms with van der Waals surface area (Å²) in [6.07, 6.45) is 5.83. The van der Waals surface area contributed by atoms with Crippen molar-refractivity contribution in [3.63, 3.8) is 0 Å². The lowest BCUT2D eigenvalue weighted by atomic mass is 9.87. The normalized spacial score (nSPS) is 27.2. The van der Waals surface area contributed by atoms with Crippen molar-refractivity contribution in [2.45, 2.75) is 50.5 Å². The predicted molar refractivity (Wildman–Crippen MR) is 68.7 cm³/mol. The molecule has 2 unspecified atom stereocenters. The number of amides is 1. The van der Waals surface area contributed by atoms with Gasteiger partial charge in [-0.15, -0.1) is 5.10 Å². The number of carbonyl (C=O) groups is 1. The number of nitrogens with zero attached hydrogens (tertiary/aromatic N) is 2. The molecule has 1 heterocycles. The van der Waals surface area contributed by atoms with Crippen molar-refractivity contribution in [1.29, 1.82) is 0 Å². The van der Waals surface area contributed by atoms with Crippen LogP contribution >= 0.6 is 0 Å². The lowest BCUT2D eigenvalue weighted by molar-refractivity contribution is 0.0866. The highest BCUT2D eigenvalue weighted by atomic mass is 16.3. The van der Waals surface area contributed by atoms with E-state index in [0.717, 1.165) is 44.3 Å². The zero-order chi connectivity index (χ0) is 13.2. The second kappa shape index (κ2) is 5.28. The predicted octanol–water partition coefficient (Wildman–Crippen LogP) is 0.963. The molecule has 0 spiro atoms. The Morgan fingerprint density at radius 2 is 2.21 bits per heavy atom. The van der Waals surface area contributed by atoms with E-state index in [9.17, 15) is 9.90 Å². The van der Waals surface area contributed by atoms with Crippen LogP contribution in [0.5, 0.6) is 0 Å². The molecule has 3 rings (SSSR count). The number of aromatic nitrogens is 3. The zero-order valence-electron chi connectivity index (χ0n) is 10.9. The van der Waals surface area contributed by atoms with Gasteiger partial charge in [0.15, 0.2) is 0 Å². The number of hydrogen-bond acceptors (Lipinski definition) is 4. The van der Waals surface area contributed by atoms with Gasteiger partial charge in [0.2, 0.25) is 5.82 Å². The Labute approximate surface area is 112 Å². The average molecular weight is 264 g/mol. The van der Waals surface area contributed by atoms with Crippen LogP contribution in [-0.2, 0) is 0 Å². The Kier molecular flexibility index (Phi) is 3.50. The molecule has 2 atom stereocenters. The first kappa shape index (κ1) is 12.6. The topological polar surface area (TPSA) is 90.9 Å². The van der Waals surface area contributed by atoms with E-state index in [0.29, 0.717) is 18.4 Å². The molecule has 1 amide bonds. The highest BCUT2D eigenvalue weighted by Gasteiger charge is 2.28. The molecule has 6 nitrogen and oxygen atoms in total. The Morgan fingerprint density at radius 3 is 2.95 bits per heavy atom. The Hall–Kier alpha value is -1.43. The monoisotopic (exact) mass is 264 g/mol. The quantitative estimate of drug-likeness (QED) is 0.755. The lowest BCUT2D eigenvalue weighted by Crippen LogP contribution is -2.33. The van der Waals surface area contributed by atoms with E-state index >= 15 is 0 Å². The molecule has 6 heteroatoms. The van der Waals surface area contributed by atoms with E-state index in [4.69, 9.17) is 0 Å². The van der Waals surface area contributed by atoms with Crippen LogP contribution < -0.4 is 5.32 Å². The third-order valence-corrected chi connectivity index (χ3v) is 3.98. The van der Waals surface area contributed by atoms with Crippen LogP contribution in [0.1, 0.15) is 60.9 Å². The van der Waals surface area contributed by atoms with E-state index in [1.54, 1.807) is 0 Å². The fourth-order valence-corrected chi connectivity index (χ4v) is 2.68. The molecular weight excluding hydrogens is 244 g/mol. The Morgan fingerprint density at radius 1 is 1.37 bits per heavy atom. The number of aliphatic hydroxyl groups is 1. The lowest BCUT2D eigenvalue weighted by Gasteiger charge is -2.25. The standard InChI is InChI=1S/C13H20N4O2/c18-10-3-1-2-8(6-10)7-14-13(19)12-15-11(16-17-12)9-4-5-9/h8-10,18H,1-7H2,(H,14,19)(H,15,16,17). The van der Waals surface area contributed by atoms with Gasteiger partial charge in [-0.3, -0.25) is 9.89 Å². The molecule has 2 fully saturated rings.